The van der Waals surface area contributed by atoms with Gasteiger partial charge in [-0.1, -0.05) is 30.1 Å². The van der Waals surface area contributed by atoms with E-state index in [1.54, 1.807) is 16.8 Å². The molecule has 0 radical (unpaired) electrons. The molecule has 6 heteroatoms. The average molecular weight is 307 g/mol. The molecule has 3 rings (SSSR count). The van der Waals surface area contributed by atoms with E-state index in [0.717, 1.165) is 22.7 Å². The Labute approximate surface area is 126 Å². The minimum atomic E-state index is 0.0466. The molecule has 0 fully saturated rings. The Morgan fingerprint density at radius 2 is 1.95 bits per heavy atom. The van der Waals surface area contributed by atoms with Crippen LogP contribution in [0.3, 0.4) is 0 Å². The van der Waals surface area contributed by atoms with E-state index >= 15 is 0 Å². The molecule has 102 valence electrons. The average Bonchev–Trinajstić information content (AvgIpc) is 2.83. The van der Waals surface area contributed by atoms with Crippen LogP contribution in [0.1, 0.15) is 29.9 Å². The van der Waals surface area contributed by atoms with Gasteiger partial charge in [0.2, 0.25) is 0 Å². The molecule has 3 aromatic heterocycles. The lowest BCUT2D eigenvalue weighted by molar-refractivity contribution is 0.795. The molecule has 20 heavy (non-hydrogen) atoms. The summed E-state index contributed by atoms with van der Waals surface area (Å²) in [5.41, 5.74) is 3.39. The van der Waals surface area contributed by atoms with Gasteiger partial charge in [0.1, 0.15) is 5.15 Å². The summed E-state index contributed by atoms with van der Waals surface area (Å²) in [6.45, 7) is 3.95. The SMILES string of the molecule is Cc1cc(Cl)n2nc(C(C)c3ccc(Cl)cn3)cc2n1. The highest BCUT2D eigenvalue weighted by Gasteiger charge is 2.15. The fraction of sp³-hybridized carbons (Fsp3) is 0.214. The van der Waals surface area contributed by atoms with E-state index in [0.29, 0.717) is 10.2 Å². The highest BCUT2D eigenvalue weighted by Crippen LogP contribution is 2.24. The summed E-state index contributed by atoms with van der Waals surface area (Å²) in [5, 5.41) is 5.67. The molecular formula is C14H12Cl2N4. The summed E-state index contributed by atoms with van der Waals surface area (Å²) >= 11 is 12.0. The Kier molecular flexibility index (Phi) is 3.36. The first-order valence-corrected chi connectivity index (χ1v) is 6.94. The summed E-state index contributed by atoms with van der Waals surface area (Å²) in [5.74, 6) is 0.0466. The topological polar surface area (TPSA) is 43.1 Å². The van der Waals surface area contributed by atoms with Crippen LogP contribution in [-0.4, -0.2) is 19.6 Å². The summed E-state index contributed by atoms with van der Waals surface area (Å²) in [6, 6.07) is 7.44. The van der Waals surface area contributed by atoms with Gasteiger partial charge < -0.3 is 0 Å². The summed E-state index contributed by atoms with van der Waals surface area (Å²) in [6.07, 6.45) is 1.64. The van der Waals surface area contributed by atoms with Gasteiger partial charge in [-0.3, -0.25) is 4.98 Å². The van der Waals surface area contributed by atoms with Crippen molar-refractivity contribution in [1.82, 2.24) is 19.6 Å². The molecule has 0 saturated carbocycles. The van der Waals surface area contributed by atoms with Crippen LogP contribution in [0.2, 0.25) is 10.2 Å². The maximum Gasteiger partial charge on any atom is 0.157 e. The molecule has 0 N–H and O–H groups in total. The summed E-state index contributed by atoms with van der Waals surface area (Å²) in [7, 11) is 0. The third kappa shape index (κ3) is 2.37. The molecule has 1 atom stereocenters. The molecule has 0 spiro atoms. The molecule has 0 aliphatic heterocycles. The van der Waals surface area contributed by atoms with Crippen LogP contribution in [0.4, 0.5) is 0 Å². The highest BCUT2D eigenvalue weighted by atomic mass is 35.5. The fourth-order valence-corrected chi connectivity index (χ4v) is 2.47. The first-order valence-electron chi connectivity index (χ1n) is 6.19. The lowest BCUT2D eigenvalue weighted by Gasteiger charge is -2.07. The van der Waals surface area contributed by atoms with Crippen LogP contribution >= 0.6 is 23.2 Å². The zero-order chi connectivity index (χ0) is 14.3. The molecule has 0 aromatic carbocycles. The number of aryl methyl sites for hydroxylation is 1. The van der Waals surface area contributed by atoms with Gasteiger partial charge in [-0.05, 0) is 25.1 Å². The summed E-state index contributed by atoms with van der Waals surface area (Å²) < 4.78 is 1.64. The third-order valence-corrected chi connectivity index (χ3v) is 3.66. The van der Waals surface area contributed by atoms with Crippen molar-refractivity contribution in [2.24, 2.45) is 0 Å². The quantitative estimate of drug-likeness (QED) is 0.675. The van der Waals surface area contributed by atoms with E-state index in [-0.39, 0.29) is 5.92 Å². The van der Waals surface area contributed by atoms with Crippen molar-refractivity contribution >= 4 is 28.8 Å². The Hall–Kier alpha value is -1.65. The van der Waals surface area contributed by atoms with Crippen LogP contribution in [0.15, 0.2) is 30.5 Å². The van der Waals surface area contributed by atoms with E-state index in [9.17, 15) is 0 Å². The zero-order valence-electron chi connectivity index (χ0n) is 11.0. The lowest BCUT2D eigenvalue weighted by atomic mass is 10.0. The smallest absolute Gasteiger partial charge is 0.157 e. The van der Waals surface area contributed by atoms with Crippen molar-refractivity contribution in [2.75, 3.05) is 0 Å². The van der Waals surface area contributed by atoms with Gasteiger partial charge >= 0.3 is 0 Å². The number of hydrogen-bond acceptors (Lipinski definition) is 3. The van der Waals surface area contributed by atoms with Crippen LogP contribution in [-0.2, 0) is 0 Å². The third-order valence-electron chi connectivity index (χ3n) is 3.17. The van der Waals surface area contributed by atoms with Crippen molar-refractivity contribution in [2.45, 2.75) is 19.8 Å². The minimum Gasteiger partial charge on any atom is -0.259 e. The zero-order valence-corrected chi connectivity index (χ0v) is 12.5. The van der Waals surface area contributed by atoms with Crippen molar-refractivity contribution < 1.29 is 0 Å². The highest BCUT2D eigenvalue weighted by molar-refractivity contribution is 6.30. The number of halogens is 2. The maximum absolute atomic E-state index is 6.17. The molecule has 0 aliphatic rings. The van der Waals surface area contributed by atoms with Crippen molar-refractivity contribution in [3.05, 3.63) is 57.7 Å². The number of nitrogens with zero attached hydrogens (tertiary/aromatic N) is 4. The second-order valence-corrected chi connectivity index (χ2v) is 5.51. The molecule has 0 aliphatic carbocycles. The molecule has 0 bridgehead atoms. The van der Waals surface area contributed by atoms with Gasteiger partial charge in [-0.2, -0.15) is 5.10 Å². The molecule has 0 saturated heterocycles. The van der Waals surface area contributed by atoms with Crippen LogP contribution in [0, 0.1) is 6.92 Å². The molecule has 1 unspecified atom stereocenters. The molecule has 0 amide bonds. The van der Waals surface area contributed by atoms with Crippen molar-refractivity contribution in [3.8, 4) is 0 Å². The Morgan fingerprint density at radius 3 is 2.65 bits per heavy atom. The number of pyridine rings is 1. The second kappa shape index (κ2) is 5.04. The van der Waals surface area contributed by atoms with Crippen molar-refractivity contribution in [3.63, 3.8) is 0 Å². The molecule has 4 nitrogen and oxygen atoms in total. The minimum absolute atomic E-state index is 0.0466. The van der Waals surface area contributed by atoms with E-state index in [1.807, 2.05) is 32.0 Å². The van der Waals surface area contributed by atoms with Crippen LogP contribution < -0.4 is 0 Å². The van der Waals surface area contributed by atoms with Crippen LogP contribution in [0.25, 0.3) is 5.65 Å². The number of rotatable bonds is 2. The van der Waals surface area contributed by atoms with Crippen LogP contribution in [0.5, 0.6) is 0 Å². The van der Waals surface area contributed by atoms with E-state index < -0.39 is 0 Å². The van der Waals surface area contributed by atoms with E-state index in [1.165, 1.54) is 0 Å². The molecule has 3 aromatic rings. The summed E-state index contributed by atoms with van der Waals surface area (Å²) in [4.78, 5) is 8.75. The first kappa shape index (κ1) is 13.3. The van der Waals surface area contributed by atoms with Gasteiger partial charge in [-0.15, -0.1) is 0 Å². The number of aromatic nitrogens is 4. The van der Waals surface area contributed by atoms with Gasteiger partial charge in [0.25, 0.3) is 0 Å². The Morgan fingerprint density at radius 1 is 1.15 bits per heavy atom. The molecule has 3 heterocycles. The van der Waals surface area contributed by atoms with Gasteiger partial charge in [0.15, 0.2) is 5.65 Å². The first-order chi connectivity index (χ1) is 9.54. The van der Waals surface area contributed by atoms with Gasteiger partial charge in [0.05, 0.1) is 10.7 Å². The second-order valence-electron chi connectivity index (χ2n) is 4.68. The monoisotopic (exact) mass is 306 g/mol. The van der Waals surface area contributed by atoms with E-state index in [2.05, 4.69) is 15.1 Å². The Balaban J connectivity index is 2.05. The maximum atomic E-state index is 6.17. The lowest BCUT2D eigenvalue weighted by Crippen LogP contribution is -2.00. The molecular weight excluding hydrogens is 295 g/mol. The predicted octanol–water partition coefficient (Wildman–Crippen LogP) is 3.89. The fourth-order valence-electron chi connectivity index (χ4n) is 2.08. The predicted molar refractivity (Wildman–Crippen MR) is 79.5 cm³/mol. The van der Waals surface area contributed by atoms with Gasteiger partial charge in [0, 0.05) is 29.6 Å². The Bertz CT molecular complexity index is 765. The van der Waals surface area contributed by atoms with Gasteiger partial charge in [-0.25, -0.2) is 9.50 Å². The van der Waals surface area contributed by atoms with Crippen molar-refractivity contribution in [1.29, 1.82) is 0 Å². The normalized spacial score (nSPS) is 12.8. The van der Waals surface area contributed by atoms with E-state index in [4.69, 9.17) is 23.2 Å². The largest absolute Gasteiger partial charge is 0.259 e. The number of hydrogen-bond donors (Lipinski definition) is 0. The number of fused-ring (bicyclic) bond motifs is 1. The standard InChI is InChI=1S/C14H12Cl2N4/c1-8-5-13(16)20-14(18-8)6-12(19-20)9(2)11-4-3-10(15)7-17-11/h3-7,9H,1-2H3.